The summed E-state index contributed by atoms with van der Waals surface area (Å²) >= 11 is 12.1. The Morgan fingerprint density at radius 2 is 1.00 bits per heavy atom. The van der Waals surface area contributed by atoms with Gasteiger partial charge in [-0.25, -0.2) is 0 Å². The van der Waals surface area contributed by atoms with Crippen LogP contribution in [0.5, 0.6) is 0 Å². The first-order valence-corrected chi connectivity index (χ1v) is 12.0. The van der Waals surface area contributed by atoms with Gasteiger partial charge in [-0.2, -0.15) is 0 Å². The summed E-state index contributed by atoms with van der Waals surface area (Å²) in [5, 5.41) is 10.8. The van der Waals surface area contributed by atoms with Crippen LogP contribution >= 0.6 is 23.2 Å². The molecule has 4 nitrogen and oxygen atoms in total. The predicted octanol–water partition coefficient (Wildman–Crippen LogP) is 7.95. The zero-order chi connectivity index (χ0) is 22.2. The van der Waals surface area contributed by atoms with E-state index in [4.69, 9.17) is 23.2 Å². The Labute approximate surface area is 199 Å². The zero-order valence-corrected chi connectivity index (χ0v) is 19.6. The molecule has 0 bridgehead atoms. The number of rotatable bonds is 11. The van der Waals surface area contributed by atoms with Crippen molar-refractivity contribution in [1.82, 2.24) is 9.97 Å². The Hall–Kier alpha value is -2.56. The summed E-state index contributed by atoms with van der Waals surface area (Å²) in [6.07, 6.45) is 11.0. The zero-order valence-electron chi connectivity index (χ0n) is 18.1. The first kappa shape index (κ1) is 22.6. The van der Waals surface area contributed by atoms with E-state index in [0.717, 1.165) is 56.3 Å². The van der Waals surface area contributed by atoms with Crippen molar-refractivity contribution in [1.29, 1.82) is 0 Å². The summed E-state index contributed by atoms with van der Waals surface area (Å²) in [4.78, 5) is 8.79. The molecular weight excluding hydrogens is 439 g/mol. The minimum absolute atomic E-state index is 0.719. The Balaban J connectivity index is 1.10. The van der Waals surface area contributed by atoms with Gasteiger partial charge in [0.05, 0.1) is 11.0 Å². The number of hydrogen-bond acceptors (Lipinski definition) is 4. The van der Waals surface area contributed by atoms with E-state index in [9.17, 15) is 0 Å². The van der Waals surface area contributed by atoms with E-state index in [1.807, 2.05) is 60.9 Å². The fourth-order valence-corrected chi connectivity index (χ4v) is 4.29. The fourth-order valence-electron chi connectivity index (χ4n) is 3.95. The lowest BCUT2D eigenvalue weighted by molar-refractivity contribution is 0.610. The third-order valence-corrected chi connectivity index (χ3v) is 6.11. The average molecular weight is 467 g/mol. The van der Waals surface area contributed by atoms with Crippen LogP contribution in [-0.2, 0) is 0 Å². The molecule has 6 heteroatoms. The number of unbranched alkanes of at least 4 members (excludes halogenated alkanes) is 5. The summed E-state index contributed by atoms with van der Waals surface area (Å²) in [7, 11) is 0. The minimum Gasteiger partial charge on any atom is -0.384 e. The van der Waals surface area contributed by atoms with Crippen molar-refractivity contribution in [3.63, 3.8) is 0 Å². The molecule has 0 saturated carbocycles. The van der Waals surface area contributed by atoms with Gasteiger partial charge in [0, 0.05) is 57.7 Å². The highest BCUT2D eigenvalue weighted by molar-refractivity contribution is 6.31. The maximum atomic E-state index is 6.07. The number of hydrogen-bond donors (Lipinski definition) is 2. The van der Waals surface area contributed by atoms with Crippen molar-refractivity contribution < 1.29 is 0 Å². The molecule has 2 heterocycles. The lowest BCUT2D eigenvalue weighted by atomic mass is 10.1. The molecule has 2 aromatic carbocycles. The molecule has 0 spiro atoms. The first-order valence-electron chi connectivity index (χ1n) is 11.3. The molecule has 166 valence electrons. The summed E-state index contributed by atoms with van der Waals surface area (Å²) in [6, 6.07) is 15.8. The lowest BCUT2D eigenvalue weighted by Crippen LogP contribution is -2.03. The molecule has 4 rings (SSSR count). The molecule has 32 heavy (non-hydrogen) atoms. The molecule has 0 amide bonds. The lowest BCUT2D eigenvalue weighted by Gasteiger charge is -2.10. The highest BCUT2D eigenvalue weighted by Crippen LogP contribution is 2.25. The SMILES string of the molecule is Clc1ccc2c(NCCCCCCCCNc3ccnc4cc(Cl)ccc34)ccnc2c1. The van der Waals surface area contributed by atoms with E-state index in [2.05, 4.69) is 20.6 Å². The highest BCUT2D eigenvalue weighted by Gasteiger charge is 2.03. The molecule has 0 fully saturated rings. The van der Waals surface area contributed by atoms with Gasteiger partial charge >= 0.3 is 0 Å². The van der Waals surface area contributed by atoms with E-state index in [-0.39, 0.29) is 0 Å². The Kier molecular flexibility index (Phi) is 8.02. The molecule has 0 aliphatic heterocycles. The van der Waals surface area contributed by atoms with Gasteiger partial charge < -0.3 is 10.6 Å². The number of nitrogens with one attached hydrogen (secondary N) is 2. The van der Waals surface area contributed by atoms with E-state index >= 15 is 0 Å². The molecule has 0 radical (unpaired) electrons. The number of halogens is 2. The van der Waals surface area contributed by atoms with Crippen molar-refractivity contribution in [2.24, 2.45) is 0 Å². The second kappa shape index (κ2) is 11.3. The largest absolute Gasteiger partial charge is 0.384 e. The van der Waals surface area contributed by atoms with Crippen LogP contribution in [-0.4, -0.2) is 23.1 Å². The summed E-state index contributed by atoms with van der Waals surface area (Å²) in [6.45, 7) is 1.95. The van der Waals surface area contributed by atoms with E-state index in [1.165, 1.54) is 38.5 Å². The molecule has 0 aliphatic carbocycles. The van der Waals surface area contributed by atoms with Crippen molar-refractivity contribution in [3.8, 4) is 0 Å². The smallest absolute Gasteiger partial charge is 0.0737 e. The van der Waals surface area contributed by atoms with Crippen LogP contribution in [0, 0.1) is 0 Å². The van der Waals surface area contributed by atoms with Gasteiger partial charge in [0.15, 0.2) is 0 Å². The normalized spacial score (nSPS) is 11.2. The molecule has 2 N–H and O–H groups in total. The van der Waals surface area contributed by atoms with E-state index < -0.39 is 0 Å². The molecule has 0 unspecified atom stereocenters. The van der Waals surface area contributed by atoms with Gasteiger partial charge in [-0.1, -0.05) is 48.9 Å². The highest BCUT2D eigenvalue weighted by atomic mass is 35.5. The predicted molar refractivity (Wildman–Crippen MR) is 138 cm³/mol. The number of benzene rings is 2. The number of fused-ring (bicyclic) bond motifs is 2. The third-order valence-electron chi connectivity index (χ3n) is 5.64. The van der Waals surface area contributed by atoms with Gasteiger partial charge in [0.1, 0.15) is 0 Å². The second-order valence-electron chi connectivity index (χ2n) is 8.01. The third kappa shape index (κ3) is 6.02. The molecule has 4 aromatic rings. The van der Waals surface area contributed by atoms with Crippen LogP contribution in [0.1, 0.15) is 38.5 Å². The van der Waals surface area contributed by atoms with Crippen LogP contribution in [0.3, 0.4) is 0 Å². The maximum absolute atomic E-state index is 6.07. The number of pyridine rings is 2. The minimum atomic E-state index is 0.719. The van der Waals surface area contributed by atoms with Crippen LogP contribution in [0.4, 0.5) is 11.4 Å². The number of aromatic nitrogens is 2. The van der Waals surface area contributed by atoms with Gasteiger partial charge in [-0.3, -0.25) is 9.97 Å². The molecule has 2 aromatic heterocycles. The molecule has 0 aliphatic rings. The Morgan fingerprint density at radius 3 is 1.47 bits per heavy atom. The summed E-state index contributed by atoms with van der Waals surface area (Å²) in [5.74, 6) is 0. The van der Waals surface area contributed by atoms with Crippen LogP contribution in [0.2, 0.25) is 10.0 Å². The number of anilines is 2. The molecule has 0 atom stereocenters. The van der Waals surface area contributed by atoms with Crippen LogP contribution in [0.25, 0.3) is 21.8 Å². The average Bonchev–Trinajstić information content (AvgIpc) is 2.80. The van der Waals surface area contributed by atoms with Gasteiger partial charge in [-0.15, -0.1) is 0 Å². The second-order valence-corrected chi connectivity index (χ2v) is 8.89. The molecule has 0 saturated heterocycles. The topological polar surface area (TPSA) is 49.8 Å². The standard InChI is InChI=1S/C26H28Cl2N4/c27-19-7-9-21-23(11-15-31-25(21)17-19)29-13-5-3-1-2-4-6-14-30-24-12-16-32-26-18-20(28)8-10-22(24)26/h7-12,15-18H,1-6,13-14H2,(H,29,31)(H,30,32). The first-order chi connectivity index (χ1) is 15.7. The van der Waals surface area contributed by atoms with Crippen molar-refractivity contribution >= 4 is 56.4 Å². The van der Waals surface area contributed by atoms with E-state index in [1.54, 1.807) is 0 Å². The Morgan fingerprint density at radius 1 is 0.562 bits per heavy atom. The van der Waals surface area contributed by atoms with Crippen LogP contribution < -0.4 is 10.6 Å². The van der Waals surface area contributed by atoms with Crippen molar-refractivity contribution in [2.45, 2.75) is 38.5 Å². The van der Waals surface area contributed by atoms with Crippen molar-refractivity contribution in [2.75, 3.05) is 23.7 Å². The van der Waals surface area contributed by atoms with Gasteiger partial charge in [0.25, 0.3) is 0 Å². The number of nitrogens with zero attached hydrogens (tertiary/aromatic N) is 2. The Bertz CT molecular complexity index is 1090. The van der Waals surface area contributed by atoms with E-state index in [0.29, 0.717) is 0 Å². The summed E-state index contributed by atoms with van der Waals surface area (Å²) in [5.41, 5.74) is 4.12. The monoisotopic (exact) mass is 466 g/mol. The summed E-state index contributed by atoms with van der Waals surface area (Å²) < 4.78 is 0. The van der Waals surface area contributed by atoms with Gasteiger partial charge in [0.2, 0.25) is 0 Å². The van der Waals surface area contributed by atoms with Crippen molar-refractivity contribution in [3.05, 3.63) is 71.0 Å². The van der Waals surface area contributed by atoms with Crippen LogP contribution in [0.15, 0.2) is 60.9 Å². The maximum Gasteiger partial charge on any atom is 0.0737 e. The molecular formula is C26H28Cl2N4. The quantitative estimate of drug-likeness (QED) is 0.220. The fraction of sp³-hybridized carbons (Fsp3) is 0.308. The van der Waals surface area contributed by atoms with Gasteiger partial charge in [-0.05, 0) is 61.4 Å².